The molecule has 5 heteroatoms. The van der Waals surface area contributed by atoms with E-state index in [0.29, 0.717) is 0 Å². The number of aliphatic hydroxyl groups is 1. The molecule has 1 aromatic carbocycles. The van der Waals surface area contributed by atoms with Crippen molar-refractivity contribution in [1.82, 2.24) is 5.32 Å². The number of amides is 2. The fourth-order valence-corrected chi connectivity index (χ4v) is 2.80. The number of anilines is 1. The fourth-order valence-electron chi connectivity index (χ4n) is 1.89. The van der Waals surface area contributed by atoms with Crippen molar-refractivity contribution in [2.45, 2.75) is 20.0 Å². The lowest BCUT2D eigenvalue weighted by atomic mass is 10.2. The van der Waals surface area contributed by atoms with Crippen LogP contribution in [0.5, 0.6) is 0 Å². The summed E-state index contributed by atoms with van der Waals surface area (Å²) < 4.78 is 0. The van der Waals surface area contributed by atoms with E-state index in [-0.39, 0.29) is 12.6 Å². The Bertz CT molecular complexity index is 595. The first-order valence-corrected chi connectivity index (χ1v) is 7.28. The van der Waals surface area contributed by atoms with Crippen molar-refractivity contribution in [2.75, 3.05) is 11.9 Å². The molecule has 2 amide bonds. The quantitative estimate of drug-likeness (QED) is 0.809. The molecule has 0 saturated heterocycles. The number of hydrogen-bond acceptors (Lipinski definition) is 3. The molecule has 3 N–H and O–H groups in total. The van der Waals surface area contributed by atoms with Gasteiger partial charge in [0.15, 0.2) is 0 Å². The highest BCUT2D eigenvalue weighted by molar-refractivity contribution is 7.10. The maximum absolute atomic E-state index is 11.8. The minimum Gasteiger partial charge on any atom is -0.386 e. The molecule has 2 rings (SSSR count). The van der Waals surface area contributed by atoms with Crippen LogP contribution in [-0.2, 0) is 0 Å². The van der Waals surface area contributed by atoms with Crippen LogP contribution in [0.2, 0.25) is 0 Å². The molecular formula is C15H18N2O2S. The molecule has 1 atom stereocenters. The largest absolute Gasteiger partial charge is 0.386 e. The second-order valence-corrected chi connectivity index (χ2v) is 5.58. The molecule has 20 heavy (non-hydrogen) atoms. The van der Waals surface area contributed by atoms with Crippen LogP contribution >= 0.6 is 11.3 Å². The third-order valence-corrected chi connectivity index (χ3v) is 4.17. The molecule has 1 heterocycles. The first-order chi connectivity index (χ1) is 9.58. The first kappa shape index (κ1) is 14.6. The lowest BCUT2D eigenvalue weighted by Crippen LogP contribution is -2.32. The van der Waals surface area contributed by atoms with Gasteiger partial charge >= 0.3 is 6.03 Å². The standard InChI is InChI=1S/C15H18N2O2S/c1-10-5-3-4-6-12(10)17-15(19)16-9-13(18)14-11(2)7-8-20-14/h3-8,13,18H,9H2,1-2H3,(H2,16,17,19)/t13-/m0/s1. The first-order valence-electron chi connectivity index (χ1n) is 6.40. The second kappa shape index (κ2) is 6.54. The monoisotopic (exact) mass is 290 g/mol. The number of rotatable bonds is 4. The summed E-state index contributed by atoms with van der Waals surface area (Å²) in [5, 5.41) is 17.4. The van der Waals surface area contributed by atoms with Crippen molar-refractivity contribution in [3.8, 4) is 0 Å². The van der Waals surface area contributed by atoms with Crippen molar-refractivity contribution in [3.05, 3.63) is 51.7 Å². The SMILES string of the molecule is Cc1ccccc1NC(=O)NC[C@H](O)c1sccc1C. The molecular weight excluding hydrogens is 272 g/mol. The van der Waals surface area contributed by atoms with Gasteiger partial charge in [0.2, 0.25) is 0 Å². The Kier molecular flexibility index (Phi) is 4.76. The molecule has 4 nitrogen and oxygen atoms in total. The molecule has 1 aromatic heterocycles. The minimum atomic E-state index is -0.669. The summed E-state index contributed by atoms with van der Waals surface area (Å²) in [5.41, 5.74) is 2.81. The van der Waals surface area contributed by atoms with Crippen molar-refractivity contribution in [3.63, 3.8) is 0 Å². The van der Waals surface area contributed by atoms with Gasteiger partial charge in [0.25, 0.3) is 0 Å². The normalized spacial score (nSPS) is 11.9. The van der Waals surface area contributed by atoms with Gasteiger partial charge < -0.3 is 15.7 Å². The number of aryl methyl sites for hydroxylation is 2. The third kappa shape index (κ3) is 3.59. The van der Waals surface area contributed by atoms with E-state index in [2.05, 4.69) is 10.6 Å². The van der Waals surface area contributed by atoms with E-state index in [4.69, 9.17) is 0 Å². The maximum Gasteiger partial charge on any atom is 0.319 e. The molecule has 106 valence electrons. The molecule has 0 aliphatic carbocycles. The van der Waals surface area contributed by atoms with Gasteiger partial charge in [-0.1, -0.05) is 18.2 Å². The number of para-hydroxylation sites is 1. The van der Waals surface area contributed by atoms with Gasteiger partial charge in [-0.25, -0.2) is 4.79 Å². The van der Waals surface area contributed by atoms with Crippen molar-refractivity contribution in [2.24, 2.45) is 0 Å². The lowest BCUT2D eigenvalue weighted by molar-refractivity contribution is 0.178. The Morgan fingerprint density at radius 1 is 1.25 bits per heavy atom. The summed E-state index contributed by atoms with van der Waals surface area (Å²) in [7, 11) is 0. The molecule has 2 aromatic rings. The molecule has 0 spiro atoms. The zero-order chi connectivity index (χ0) is 14.5. The van der Waals surface area contributed by atoms with E-state index >= 15 is 0 Å². The minimum absolute atomic E-state index is 0.194. The van der Waals surface area contributed by atoms with Gasteiger partial charge in [-0.3, -0.25) is 0 Å². The van der Waals surface area contributed by atoms with E-state index < -0.39 is 6.10 Å². The predicted octanol–water partition coefficient (Wildman–Crippen LogP) is 3.22. The highest BCUT2D eigenvalue weighted by Crippen LogP contribution is 2.23. The summed E-state index contributed by atoms with van der Waals surface area (Å²) in [6.45, 7) is 4.07. The van der Waals surface area contributed by atoms with Crippen LogP contribution in [0, 0.1) is 13.8 Å². The van der Waals surface area contributed by atoms with Crippen LogP contribution in [-0.4, -0.2) is 17.7 Å². The summed E-state index contributed by atoms with van der Waals surface area (Å²) in [5.74, 6) is 0. The number of thiophene rings is 1. The molecule has 0 radical (unpaired) electrons. The maximum atomic E-state index is 11.8. The van der Waals surface area contributed by atoms with Crippen LogP contribution < -0.4 is 10.6 Å². The predicted molar refractivity (Wildman–Crippen MR) is 82.2 cm³/mol. The average molecular weight is 290 g/mol. The van der Waals surface area contributed by atoms with Crippen molar-refractivity contribution < 1.29 is 9.90 Å². The number of benzene rings is 1. The molecule has 0 aliphatic rings. The van der Waals surface area contributed by atoms with Gasteiger partial charge in [-0.05, 0) is 42.5 Å². The summed E-state index contributed by atoms with van der Waals surface area (Å²) in [6.07, 6.45) is -0.669. The zero-order valence-electron chi connectivity index (χ0n) is 11.5. The topological polar surface area (TPSA) is 61.4 Å². The Hall–Kier alpha value is -1.85. The van der Waals surface area contributed by atoms with Gasteiger partial charge in [-0.15, -0.1) is 11.3 Å². The van der Waals surface area contributed by atoms with Crippen LogP contribution in [0.25, 0.3) is 0 Å². The number of carbonyl (C=O) groups excluding carboxylic acids is 1. The van der Waals surface area contributed by atoms with E-state index in [9.17, 15) is 9.90 Å². The number of aliphatic hydroxyl groups excluding tert-OH is 1. The second-order valence-electron chi connectivity index (χ2n) is 4.63. The molecule has 0 aliphatic heterocycles. The Morgan fingerprint density at radius 2 is 2.00 bits per heavy atom. The van der Waals surface area contributed by atoms with Crippen molar-refractivity contribution >= 4 is 23.1 Å². The van der Waals surface area contributed by atoms with Crippen LogP contribution in [0.1, 0.15) is 22.1 Å². The van der Waals surface area contributed by atoms with Crippen molar-refractivity contribution in [1.29, 1.82) is 0 Å². The van der Waals surface area contributed by atoms with Gasteiger partial charge in [0, 0.05) is 10.6 Å². The smallest absolute Gasteiger partial charge is 0.319 e. The highest BCUT2D eigenvalue weighted by atomic mass is 32.1. The summed E-state index contributed by atoms with van der Waals surface area (Å²) in [6, 6.07) is 9.20. The van der Waals surface area contributed by atoms with Crippen LogP contribution in [0.3, 0.4) is 0 Å². The Morgan fingerprint density at radius 3 is 2.65 bits per heavy atom. The molecule has 0 fully saturated rings. The van der Waals surface area contributed by atoms with Gasteiger partial charge in [0.1, 0.15) is 6.10 Å². The van der Waals surface area contributed by atoms with E-state index in [0.717, 1.165) is 21.7 Å². The third-order valence-electron chi connectivity index (χ3n) is 3.05. The zero-order valence-corrected chi connectivity index (χ0v) is 12.3. The van der Waals surface area contributed by atoms with E-state index in [1.165, 1.54) is 11.3 Å². The summed E-state index contributed by atoms with van der Waals surface area (Å²) >= 11 is 1.49. The molecule has 0 unspecified atom stereocenters. The van der Waals surface area contributed by atoms with Gasteiger partial charge in [0.05, 0.1) is 6.54 Å². The van der Waals surface area contributed by atoms with E-state index in [1.54, 1.807) is 0 Å². The number of hydrogen-bond donors (Lipinski definition) is 3. The van der Waals surface area contributed by atoms with Crippen LogP contribution in [0.4, 0.5) is 10.5 Å². The summed E-state index contributed by atoms with van der Waals surface area (Å²) in [4.78, 5) is 12.7. The van der Waals surface area contributed by atoms with E-state index in [1.807, 2.05) is 49.6 Å². The average Bonchev–Trinajstić information content (AvgIpc) is 2.85. The molecule has 0 bridgehead atoms. The number of carbonyl (C=O) groups is 1. The highest BCUT2D eigenvalue weighted by Gasteiger charge is 2.13. The molecule has 0 saturated carbocycles. The number of nitrogens with one attached hydrogen (secondary N) is 2. The lowest BCUT2D eigenvalue weighted by Gasteiger charge is -2.13. The Labute approximate surface area is 122 Å². The number of urea groups is 1. The Balaban J connectivity index is 1.87. The van der Waals surface area contributed by atoms with Crippen LogP contribution in [0.15, 0.2) is 35.7 Å². The fraction of sp³-hybridized carbons (Fsp3) is 0.267. The van der Waals surface area contributed by atoms with Gasteiger partial charge in [-0.2, -0.15) is 0 Å².